The molecule has 2 unspecified atom stereocenters. The van der Waals surface area contributed by atoms with Crippen molar-refractivity contribution in [3.8, 4) is 0 Å². The van der Waals surface area contributed by atoms with Crippen LogP contribution in [-0.2, 0) is 19.5 Å². The number of aliphatic hydroxyl groups is 1. The predicted octanol–water partition coefficient (Wildman–Crippen LogP) is 3.65. The summed E-state index contributed by atoms with van der Waals surface area (Å²) in [5.74, 6) is -0.0206. The molecule has 0 saturated carbocycles. The molecule has 0 bridgehead atoms. The number of nitrogens with one attached hydrogen (secondary N) is 1. The van der Waals surface area contributed by atoms with Crippen LogP contribution in [0.25, 0.3) is 0 Å². The number of hydrogen-bond acceptors (Lipinski definition) is 4. The Kier molecular flexibility index (Phi) is 6.31. The molecular formula is C25H29N3O2. The van der Waals surface area contributed by atoms with Gasteiger partial charge in [-0.3, -0.25) is 9.69 Å². The molecule has 0 amide bonds. The van der Waals surface area contributed by atoms with E-state index < -0.39 is 6.10 Å². The van der Waals surface area contributed by atoms with E-state index in [1.807, 2.05) is 43.3 Å². The zero-order valence-corrected chi connectivity index (χ0v) is 17.4. The molecule has 5 heteroatoms. The largest absolute Gasteiger partial charge is 0.391 e. The number of benzene rings is 2. The Morgan fingerprint density at radius 1 is 0.967 bits per heavy atom. The Morgan fingerprint density at radius 3 is 2.47 bits per heavy atom. The lowest BCUT2D eigenvalue weighted by atomic mass is 9.98. The summed E-state index contributed by atoms with van der Waals surface area (Å²) in [6.45, 7) is 4.96. The van der Waals surface area contributed by atoms with Gasteiger partial charge in [-0.05, 0) is 35.7 Å². The maximum atomic E-state index is 12.5. The van der Waals surface area contributed by atoms with Gasteiger partial charge in [-0.2, -0.15) is 0 Å². The second-order valence-corrected chi connectivity index (χ2v) is 8.20. The van der Waals surface area contributed by atoms with Gasteiger partial charge in [0, 0.05) is 55.7 Å². The summed E-state index contributed by atoms with van der Waals surface area (Å²) < 4.78 is 1.68. The Bertz CT molecular complexity index is 1030. The quantitative estimate of drug-likeness (QED) is 0.632. The van der Waals surface area contributed by atoms with Crippen LogP contribution in [0.2, 0.25) is 0 Å². The van der Waals surface area contributed by atoms with Crippen LogP contribution >= 0.6 is 0 Å². The number of hydrogen-bond donors (Lipinski definition) is 2. The molecule has 4 rings (SSSR count). The van der Waals surface area contributed by atoms with E-state index in [0.717, 1.165) is 30.9 Å². The molecule has 1 aromatic heterocycles. The number of β-amino-alcohol motifs (C(OH)–C–C–N with tert-alkyl or cyclic N) is 1. The van der Waals surface area contributed by atoms with Gasteiger partial charge < -0.3 is 15.0 Å². The molecule has 2 aromatic carbocycles. The van der Waals surface area contributed by atoms with Crippen molar-refractivity contribution in [1.29, 1.82) is 0 Å². The number of anilines is 2. The maximum absolute atomic E-state index is 12.5. The number of para-hydroxylation sites is 1. The lowest BCUT2D eigenvalue weighted by Gasteiger charge is -2.32. The molecule has 3 aromatic rings. The fourth-order valence-electron chi connectivity index (χ4n) is 4.01. The Balaban J connectivity index is 1.34. The van der Waals surface area contributed by atoms with E-state index in [-0.39, 0.29) is 11.5 Å². The van der Waals surface area contributed by atoms with Gasteiger partial charge in [-0.25, -0.2) is 0 Å². The fourth-order valence-corrected chi connectivity index (χ4v) is 4.01. The first-order valence-electron chi connectivity index (χ1n) is 10.6. The Hall–Kier alpha value is -2.89. The molecule has 0 saturated heterocycles. The van der Waals surface area contributed by atoms with Crippen LogP contribution in [0.3, 0.4) is 0 Å². The summed E-state index contributed by atoms with van der Waals surface area (Å²) in [7, 11) is 0. The first-order valence-corrected chi connectivity index (χ1v) is 10.6. The number of pyridine rings is 1. The van der Waals surface area contributed by atoms with Crippen LogP contribution in [0.15, 0.2) is 77.7 Å². The number of fused-ring (bicyclic) bond motifs is 1. The van der Waals surface area contributed by atoms with Gasteiger partial charge in [0.25, 0.3) is 5.56 Å². The predicted molar refractivity (Wildman–Crippen MR) is 121 cm³/mol. The van der Waals surface area contributed by atoms with Crippen LogP contribution in [0.5, 0.6) is 0 Å². The van der Waals surface area contributed by atoms with Crippen molar-refractivity contribution in [3.05, 3.63) is 94.4 Å². The Labute approximate surface area is 177 Å². The van der Waals surface area contributed by atoms with Crippen LogP contribution in [0.4, 0.5) is 11.4 Å². The zero-order chi connectivity index (χ0) is 20.9. The van der Waals surface area contributed by atoms with Crippen LogP contribution in [0.1, 0.15) is 18.1 Å². The molecule has 1 aliphatic rings. The molecule has 2 heterocycles. The molecule has 1 aliphatic heterocycles. The molecular weight excluding hydrogens is 374 g/mol. The second-order valence-electron chi connectivity index (χ2n) is 8.20. The second kappa shape index (κ2) is 9.28. The van der Waals surface area contributed by atoms with Crippen molar-refractivity contribution < 1.29 is 5.11 Å². The molecule has 2 N–H and O–H groups in total. The molecule has 156 valence electrons. The third-order valence-electron chi connectivity index (χ3n) is 5.86. The van der Waals surface area contributed by atoms with Gasteiger partial charge >= 0.3 is 0 Å². The lowest BCUT2D eigenvalue weighted by molar-refractivity contribution is 0.0582. The first kappa shape index (κ1) is 20.4. The molecule has 5 nitrogen and oxygen atoms in total. The highest BCUT2D eigenvalue weighted by atomic mass is 16.3. The third-order valence-corrected chi connectivity index (χ3v) is 5.86. The fraction of sp³-hybridized carbons (Fsp3) is 0.320. The lowest BCUT2D eigenvalue weighted by Crippen LogP contribution is -2.40. The Morgan fingerprint density at radius 2 is 1.70 bits per heavy atom. The summed E-state index contributed by atoms with van der Waals surface area (Å²) in [6.07, 6.45) is 2.34. The smallest absolute Gasteiger partial charge is 0.252 e. The van der Waals surface area contributed by atoms with Crippen molar-refractivity contribution in [3.63, 3.8) is 0 Å². The monoisotopic (exact) mass is 403 g/mol. The van der Waals surface area contributed by atoms with E-state index >= 15 is 0 Å². The molecule has 30 heavy (non-hydrogen) atoms. The average Bonchev–Trinajstić information content (AvgIpc) is 2.76. The number of rotatable bonds is 7. The highest BCUT2D eigenvalue weighted by Crippen LogP contribution is 2.20. The average molecular weight is 404 g/mol. The minimum atomic E-state index is -0.482. The van der Waals surface area contributed by atoms with Crippen molar-refractivity contribution in [1.82, 2.24) is 9.47 Å². The summed E-state index contributed by atoms with van der Waals surface area (Å²) in [4.78, 5) is 14.9. The SMILES string of the molecule is CC(Cn1ccc(Nc2ccccc2)cc1=O)C(O)CN1CCc2ccccc2C1. The topological polar surface area (TPSA) is 57.5 Å². The van der Waals surface area contributed by atoms with E-state index in [1.54, 1.807) is 16.8 Å². The maximum Gasteiger partial charge on any atom is 0.252 e. The number of aliphatic hydroxyl groups excluding tert-OH is 1. The highest BCUT2D eigenvalue weighted by molar-refractivity contribution is 5.58. The minimum absolute atomic E-state index is 0.0206. The van der Waals surface area contributed by atoms with Crippen molar-refractivity contribution in [2.45, 2.75) is 32.5 Å². The van der Waals surface area contributed by atoms with Gasteiger partial charge in [0.05, 0.1) is 6.10 Å². The molecule has 2 atom stereocenters. The normalized spacial score (nSPS) is 15.9. The molecule has 0 fully saturated rings. The number of nitrogens with zero attached hydrogens (tertiary/aromatic N) is 2. The van der Waals surface area contributed by atoms with Crippen LogP contribution in [0, 0.1) is 5.92 Å². The number of aromatic nitrogens is 1. The zero-order valence-electron chi connectivity index (χ0n) is 17.4. The summed E-state index contributed by atoms with van der Waals surface area (Å²) >= 11 is 0. The highest BCUT2D eigenvalue weighted by Gasteiger charge is 2.22. The summed E-state index contributed by atoms with van der Waals surface area (Å²) in [5.41, 5.74) is 4.40. The van der Waals surface area contributed by atoms with E-state index in [4.69, 9.17) is 0 Å². The van der Waals surface area contributed by atoms with Gasteiger partial charge in [0.1, 0.15) is 0 Å². The van der Waals surface area contributed by atoms with Gasteiger partial charge in [0.15, 0.2) is 0 Å². The van der Waals surface area contributed by atoms with E-state index in [2.05, 4.69) is 34.5 Å². The van der Waals surface area contributed by atoms with E-state index in [1.165, 1.54) is 11.1 Å². The van der Waals surface area contributed by atoms with Crippen molar-refractivity contribution in [2.24, 2.45) is 5.92 Å². The van der Waals surface area contributed by atoms with E-state index in [9.17, 15) is 9.90 Å². The van der Waals surface area contributed by atoms with Crippen molar-refractivity contribution >= 4 is 11.4 Å². The molecule has 0 radical (unpaired) electrons. The van der Waals surface area contributed by atoms with Gasteiger partial charge in [0.2, 0.25) is 0 Å². The first-order chi connectivity index (χ1) is 14.6. The van der Waals surface area contributed by atoms with Crippen LogP contribution in [-0.4, -0.2) is 33.8 Å². The van der Waals surface area contributed by atoms with Crippen LogP contribution < -0.4 is 10.9 Å². The minimum Gasteiger partial charge on any atom is -0.391 e. The molecule has 0 aliphatic carbocycles. The van der Waals surface area contributed by atoms with Crippen molar-refractivity contribution in [2.75, 3.05) is 18.4 Å². The van der Waals surface area contributed by atoms with Gasteiger partial charge in [-0.15, -0.1) is 0 Å². The third kappa shape index (κ3) is 4.99. The summed E-state index contributed by atoms with van der Waals surface area (Å²) in [6, 6.07) is 21.8. The summed E-state index contributed by atoms with van der Waals surface area (Å²) in [5, 5.41) is 14.0. The van der Waals surface area contributed by atoms with E-state index in [0.29, 0.717) is 13.1 Å². The van der Waals surface area contributed by atoms with Gasteiger partial charge in [-0.1, -0.05) is 49.4 Å². The standard InChI is InChI=1S/C25H29N3O2/c1-19(24(29)18-27-13-11-20-7-5-6-8-21(20)17-27)16-28-14-12-23(15-25(28)30)26-22-9-3-2-4-10-22/h2-10,12,14-15,19,24,26,29H,11,13,16-18H2,1H3. The molecule has 0 spiro atoms.